The molecular weight excluding hydrogens is 264 g/mol. The largest absolute Gasteiger partial charge is 0.315 e. The minimum Gasteiger partial charge on any atom is -0.315 e. The average molecular weight is 284 g/mol. The third-order valence-electron chi connectivity index (χ3n) is 2.69. The molecule has 0 bridgehead atoms. The van der Waals surface area contributed by atoms with Gasteiger partial charge in [0.05, 0.1) is 11.0 Å². The first kappa shape index (κ1) is 14.9. The Hall–Kier alpha value is -0.180. The van der Waals surface area contributed by atoms with Crippen LogP contribution in [0.2, 0.25) is 0 Å². The van der Waals surface area contributed by atoms with E-state index in [0.29, 0.717) is 19.4 Å². The minimum absolute atomic E-state index is 0.0123. The molecule has 0 aromatic rings. The second-order valence-electron chi connectivity index (χ2n) is 4.39. The van der Waals surface area contributed by atoms with Crippen LogP contribution in [-0.2, 0) is 19.9 Å². The number of nitrogens with one attached hydrogen (secondary N) is 2. The van der Waals surface area contributed by atoms with Crippen LogP contribution in [0.3, 0.4) is 0 Å². The van der Waals surface area contributed by atoms with Crippen molar-refractivity contribution in [1.29, 1.82) is 0 Å². The van der Waals surface area contributed by atoms with E-state index in [0.717, 1.165) is 19.2 Å². The van der Waals surface area contributed by atoms with Gasteiger partial charge in [-0.3, -0.25) is 0 Å². The second-order valence-corrected chi connectivity index (χ2v) is 8.70. The lowest BCUT2D eigenvalue weighted by Gasteiger charge is -2.22. The second kappa shape index (κ2) is 6.12. The normalized spacial score (nSPS) is 22.5. The molecule has 8 heteroatoms. The van der Waals surface area contributed by atoms with Crippen molar-refractivity contribution in [2.24, 2.45) is 0 Å². The maximum atomic E-state index is 11.8. The van der Waals surface area contributed by atoms with Crippen molar-refractivity contribution in [2.45, 2.75) is 24.5 Å². The first-order valence-corrected chi connectivity index (χ1v) is 9.29. The Kier molecular flexibility index (Phi) is 5.36. The molecule has 0 aliphatic carbocycles. The van der Waals surface area contributed by atoms with E-state index in [1.54, 1.807) is 0 Å². The van der Waals surface area contributed by atoms with Crippen molar-refractivity contribution >= 4 is 19.9 Å². The molecule has 1 aliphatic heterocycles. The first-order valence-electron chi connectivity index (χ1n) is 5.68. The molecule has 1 atom stereocenters. The highest BCUT2D eigenvalue weighted by Crippen LogP contribution is 2.10. The molecular formula is C9H20N2O4S2. The lowest BCUT2D eigenvalue weighted by atomic mass is 10.2. The van der Waals surface area contributed by atoms with Crippen LogP contribution in [0, 0.1) is 0 Å². The Balaban J connectivity index is 2.34. The van der Waals surface area contributed by atoms with E-state index in [1.165, 1.54) is 0 Å². The maximum Gasteiger partial charge on any atom is 0.215 e. The van der Waals surface area contributed by atoms with Crippen molar-refractivity contribution in [2.75, 3.05) is 31.6 Å². The molecule has 0 saturated carbocycles. The van der Waals surface area contributed by atoms with E-state index >= 15 is 0 Å². The smallest absolute Gasteiger partial charge is 0.215 e. The zero-order chi connectivity index (χ0) is 12.9. The van der Waals surface area contributed by atoms with E-state index in [9.17, 15) is 16.8 Å². The molecule has 0 amide bonds. The highest BCUT2D eigenvalue weighted by Gasteiger charge is 2.26. The molecule has 1 fully saturated rings. The minimum atomic E-state index is -3.31. The van der Waals surface area contributed by atoms with Crippen LogP contribution in [0.5, 0.6) is 0 Å². The van der Waals surface area contributed by atoms with E-state index in [1.807, 2.05) is 0 Å². The maximum absolute atomic E-state index is 11.8. The summed E-state index contributed by atoms with van der Waals surface area (Å²) in [5.74, 6) is 0.0123. The molecule has 0 spiro atoms. The van der Waals surface area contributed by atoms with Crippen LogP contribution in [0.4, 0.5) is 0 Å². The monoisotopic (exact) mass is 284 g/mol. The summed E-state index contributed by atoms with van der Waals surface area (Å²) in [4.78, 5) is 0. The lowest BCUT2D eigenvalue weighted by Crippen LogP contribution is -2.44. The van der Waals surface area contributed by atoms with Crippen molar-refractivity contribution in [3.8, 4) is 0 Å². The van der Waals surface area contributed by atoms with Gasteiger partial charge in [0.1, 0.15) is 9.84 Å². The predicted molar refractivity (Wildman–Crippen MR) is 67.1 cm³/mol. The lowest BCUT2D eigenvalue weighted by molar-refractivity contribution is 0.490. The Bertz CT molecular complexity index is 424. The van der Waals surface area contributed by atoms with Gasteiger partial charge in [-0.1, -0.05) is 0 Å². The van der Waals surface area contributed by atoms with Crippen molar-refractivity contribution in [3.63, 3.8) is 0 Å². The van der Waals surface area contributed by atoms with Crippen LogP contribution in [0.15, 0.2) is 0 Å². The van der Waals surface area contributed by atoms with Crippen molar-refractivity contribution < 1.29 is 16.8 Å². The van der Waals surface area contributed by atoms with Gasteiger partial charge in [-0.15, -0.1) is 0 Å². The van der Waals surface area contributed by atoms with Gasteiger partial charge in [-0.2, -0.15) is 0 Å². The summed E-state index contributed by atoms with van der Waals surface area (Å²) in [5.41, 5.74) is 0. The van der Waals surface area contributed by atoms with Gasteiger partial charge >= 0.3 is 0 Å². The molecule has 1 unspecified atom stereocenters. The van der Waals surface area contributed by atoms with Crippen LogP contribution in [-0.4, -0.2) is 53.7 Å². The summed E-state index contributed by atoms with van der Waals surface area (Å²) in [6.45, 7) is 1.52. The number of piperidine rings is 1. The fourth-order valence-electron chi connectivity index (χ4n) is 1.75. The van der Waals surface area contributed by atoms with Gasteiger partial charge in [-0.05, 0) is 25.8 Å². The van der Waals surface area contributed by atoms with E-state index < -0.39 is 25.1 Å². The average Bonchev–Trinajstić information content (AvgIpc) is 2.25. The van der Waals surface area contributed by atoms with Gasteiger partial charge in [0.15, 0.2) is 0 Å². The first-order chi connectivity index (χ1) is 7.81. The topological polar surface area (TPSA) is 92.3 Å². The molecule has 1 rings (SSSR count). The quantitative estimate of drug-likeness (QED) is 0.616. The number of sulfone groups is 1. The van der Waals surface area contributed by atoms with E-state index in [-0.39, 0.29) is 12.3 Å². The molecule has 0 aromatic heterocycles. The molecule has 1 aliphatic rings. The molecule has 1 heterocycles. The summed E-state index contributed by atoms with van der Waals surface area (Å²) in [7, 11) is -6.32. The van der Waals surface area contributed by atoms with Crippen LogP contribution < -0.4 is 10.0 Å². The van der Waals surface area contributed by atoms with Crippen molar-refractivity contribution in [1.82, 2.24) is 10.0 Å². The van der Waals surface area contributed by atoms with Crippen LogP contribution >= 0.6 is 0 Å². The Morgan fingerprint density at radius 2 is 2.00 bits per heavy atom. The zero-order valence-corrected chi connectivity index (χ0v) is 11.6. The molecule has 2 N–H and O–H groups in total. The van der Waals surface area contributed by atoms with E-state index in [4.69, 9.17) is 0 Å². The van der Waals surface area contributed by atoms with Crippen LogP contribution in [0.25, 0.3) is 0 Å². The SMILES string of the molecule is CS(=O)(=O)CCCNS(=O)(=O)C1CCCNC1. The fourth-order valence-corrected chi connectivity index (χ4v) is 3.90. The molecule has 102 valence electrons. The summed E-state index contributed by atoms with van der Waals surface area (Å²) in [5, 5.41) is 2.65. The summed E-state index contributed by atoms with van der Waals surface area (Å²) < 4.78 is 47.8. The Labute approximate surface area is 103 Å². The zero-order valence-electron chi connectivity index (χ0n) is 9.98. The molecule has 6 nitrogen and oxygen atoms in total. The fraction of sp³-hybridized carbons (Fsp3) is 1.00. The van der Waals surface area contributed by atoms with E-state index in [2.05, 4.69) is 10.0 Å². The summed E-state index contributed by atoms with van der Waals surface area (Å²) in [6.07, 6.45) is 2.98. The van der Waals surface area contributed by atoms with Gasteiger partial charge < -0.3 is 5.32 Å². The number of sulfonamides is 1. The molecule has 1 saturated heterocycles. The molecule has 0 aromatic carbocycles. The predicted octanol–water partition coefficient (Wildman–Crippen LogP) is -0.907. The third-order valence-corrected chi connectivity index (χ3v) is 5.60. The Morgan fingerprint density at radius 3 is 2.53 bits per heavy atom. The Morgan fingerprint density at radius 1 is 1.29 bits per heavy atom. The van der Waals surface area contributed by atoms with Gasteiger partial charge in [-0.25, -0.2) is 21.6 Å². The third kappa shape index (κ3) is 5.80. The van der Waals surface area contributed by atoms with Gasteiger partial charge in [0, 0.05) is 19.3 Å². The summed E-state index contributed by atoms with van der Waals surface area (Å²) in [6, 6.07) is 0. The molecule has 17 heavy (non-hydrogen) atoms. The molecule has 0 radical (unpaired) electrons. The summed E-state index contributed by atoms with van der Waals surface area (Å²) >= 11 is 0. The van der Waals surface area contributed by atoms with Crippen LogP contribution in [0.1, 0.15) is 19.3 Å². The van der Waals surface area contributed by atoms with Crippen molar-refractivity contribution in [3.05, 3.63) is 0 Å². The van der Waals surface area contributed by atoms with Gasteiger partial charge in [0.2, 0.25) is 10.0 Å². The van der Waals surface area contributed by atoms with Gasteiger partial charge in [0.25, 0.3) is 0 Å². The number of hydrogen-bond donors (Lipinski definition) is 2. The number of rotatable bonds is 6. The standard InChI is InChI=1S/C9H20N2O4S2/c1-16(12,13)7-3-6-11-17(14,15)9-4-2-5-10-8-9/h9-11H,2-8H2,1H3. The number of hydrogen-bond acceptors (Lipinski definition) is 5. The highest BCUT2D eigenvalue weighted by molar-refractivity contribution is 7.90. The highest BCUT2D eigenvalue weighted by atomic mass is 32.2.